The highest BCUT2D eigenvalue weighted by Crippen LogP contribution is 2.38. The molecule has 1 aromatic heterocycles. The van der Waals surface area contributed by atoms with Gasteiger partial charge in [-0.25, -0.2) is 0 Å². The number of halogens is 2. The molecule has 0 aliphatic rings. The molecule has 10 nitrogen and oxygen atoms in total. The van der Waals surface area contributed by atoms with E-state index in [2.05, 4.69) is 47.2 Å². The smallest absolute Gasteiger partial charge is 0.223 e. The Morgan fingerprint density at radius 2 is 1.32 bits per heavy atom. The highest BCUT2D eigenvalue weighted by molar-refractivity contribution is 9.10. The minimum atomic E-state index is -0.00547. The van der Waals surface area contributed by atoms with Gasteiger partial charge in [0.2, 0.25) is 11.7 Å². The summed E-state index contributed by atoms with van der Waals surface area (Å²) in [4.78, 5) is 4.25. The summed E-state index contributed by atoms with van der Waals surface area (Å²) >= 11 is 6.86. The summed E-state index contributed by atoms with van der Waals surface area (Å²) in [7, 11) is 3.16. The van der Waals surface area contributed by atoms with Crippen LogP contribution in [0.4, 0.5) is 0 Å². The number of aryl methyl sites for hydroxylation is 1. The minimum Gasteiger partial charge on any atom is -0.493 e. The molecule has 0 amide bonds. The number of aromatic nitrogens is 2. The van der Waals surface area contributed by atoms with Crippen molar-refractivity contribution in [3.8, 4) is 34.4 Å². The number of nitrogens with zero attached hydrogens (tertiary/aromatic N) is 3. The lowest BCUT2D eigenvalue weighted by molar-refractivity contribution is 0.284. The van der Waals surface area contributed by atoms with Gasteiger partial charge in [0.15, 0.2) is 28.8 Å². The van der Waals surface area contributed by atoms with E-state index in [0.717, 1.165) is 21.2 Å². The molecule has 1 heterocycles. The quantitative estimate of drug-likeness (QED) is 0.0649. The minimum absolute atomic E-state index is 0.00547. The van der Waals surface area contributed by atoms with Gasteiger partial charge in [-0.05, 0) is 67.3 Å². The van der Waals surface area contributed by atoms with Crippen molar-refractivity contribution in [3.63, 3.8) is 0 Å². The third-order valence-electron chi connectivity index (χ3n) is 6.13. The first-order valence-electron chi connectivity index (χ1n) is 13.2. The lowest BCUT2D eigenvalue weighted by atomic mass is 10.2. The number of oxime groups is 1. The van der Waals surface area contributed by atoms with Gasteiger partial charge in [0.25, 0.3) is 0 Å². The third kappa shape index (κ3) is 8.51. The van der Waals surface area contributed by atoms with Crippen LogP contribution in [0.1, 0.15) is 22.6 Å². The number of methoxy groups -OCH3 is 2. The van der Waals surface area contributed by atoms with Gasteiger partial charge in [0, 0.05) is 27.0 Å². The molecular formula is C32H30Br2N4O6. The SMILES string of the molecule is COc1cc(Br)c(-c2noc(C)n2)cc1OCc1ccccc1.COc1cc(Br)c(C(N)=NO)cc1OCc1ccccc1. The van der Waals surface area contributed by atoms with Crippen LogP contribution in [0.2, 0.25) is 0 Å². The fraction of sp³-hybridized carbons (Fsp3) is 0.156. The Bertz CT molecular complexity index is 1700. The maximum Gasteiger partial charge on any atom is 0.223 e. The van der Waals surface area contributed by atoms with Gasteiger partial charge < -0.3 is 34.4 Å². The molecule has 0 atom stereocenters. The van der Waals surface area contributed by atoms with E-state index in [-0.39, 0.29) is 5.84 Å². The van der Waals surface area contributed by atoms with Crippen molar-refractivity contribution in [1.29, 1.82) is 0 Å². The zero-order valence-corrected chi connectivity index (χ0v) is 27.3. The van der Waals surface area contributed by atoms with Gasteiger partial charge >= 0.3 is 0 Å². The summed E-state index contributed by atoms with van der Waals surface area (Å²) in [5.41, 5.74) is 9.06. The Morgan fingerprint density at radius 3 is 1.80 bits per heavy atom. The van der Waals surface area contributed by atoms with Crippen LogP contribution in [0.15, 0.2) is 104 Å². The molecule has 5 rings (SSSR count). The monoisotopic (exact) mass is 724 g/mol. The third-order valence-corrected chi connectivity index (χ3v) is 7.45. The van der Waals surface area contributed by atoms with E-state index >= 15 is 0 Å². The Balaban J connectivity index is 0.000000202. The van der Waals surface area contributed by atoms with Gasteiger partial charge in [0.1, 0.15) is 13.2 Å². The zero-order valence-electron chi connectivity index (χ0n) is 24.2. The van der Waals surface area contributed by atoms with E-state index in [0.29, 0.717) is 58.0 Å². The van der Waals surface area contributed by atoms with E-state index in [1.54, 1.807) is 33.3 Å². The number of hydrogen-bond donors (Lipinski definition) is 2. The van der Waals surface area contributed by atoms with Crippen LogP contribution in [0.25, 0.3) is 11.4 Å². The Labute approximate surface area is 271 Å². The fourth-order valence-electron chi connectivity index (χ4n) is 3.92. The van der Waals surface area contributed by atoms with Crippen LogP contribution in [-0.2, 0) is 13.2 Å². The second kappa shape index (κ2) is 15.8. The topological polar surface area (TPSA) is 134 Å². The molecule has 0 bridgehead atoms. The number of amidine groups is 1. The van der Waals surface area contributed by atoms with Crippen LogP contribution in [0, 0.1) is 6.92 Å². The molecule has 0 unspecified atom stereocenters. The number of hydrogen-bond acceptors (Lipinski definition) is 9. The van der Waals surface area contributed by atoms with E-state index in [4.69, 9.17) is 34.4 Å². The molecule has 0 spiro atoms. The van der Waals surface area contributed by atoms with Crippen LogP contribution in [-0.4, -0.2) is 35.4 Å². The van der Waals surface area contributed by atoms with Gasteiger partial charge in [0.05, 0.1) is 14.2 Å². The van der Waals surface area contributed by atoms with E-state index in [9.17, 15) is 0 Å². The zero-order chi connectivity index (χ0) is 31.5. The van der Waals surface area contributed by atoms with Crippen LogP contribution in [0.5, 0.6) is 23.0 Å². The van der Waals surface area contributed by atoms with Crippen molar-refractivity contribution < 1.29 is 28.7 Å². The van der Waals surface area contributed by atoms with Crippen molar-refractivity contribution in [2.45, 2.75) is 20.1 Å². The number of ether oxygens (including phenoxy) is 4. The first kappa shape index (κ1) is 32.4. The molecule has 0 saturated carbocycles. The first-order valence-corrected chi connectivity index (χ1v) is 14.8. The molecule has 0 aliphatic carbocycles. The summed E-state index contributed by atoms with van der Waals surface area (Å²) in [5, 5.41) is 15.8. The van der Waals surface area contributed by atoms with Gasteiger partial charge in [-0.2, -0.15) is 4.98 Å². The van der Waals surface area contributed by atoms with Crippen LogP contribution < -0.4 is 24.7 Å². The van der Waals surface area contributed by atoms with Gasteiger partial charge in [-0.15, -0.1) is 0 Å². The van der Waals surface area contributed by atoms with Crippen molar-refractivity contribution >= 4 is 37.7 Å². The molecule has 44 heavy (non-hydrogen) atoms. The van der Waals surface area contributed by atoms with E-state index in [1.165, 1.54) is 0 Å². The summed E-state index contributed by atoms with van der Waals surface area (Å²) in [6.07, 6.45) is 0. The maximum absolute atomic E-state index is 8.81. The molecule has 4 aromatic carbocycles. The largest absolute Gasteiger partial charge is 0.493 e. The van der Waals surface area contributed by atoms with Crippen molar-refractivity contribution in [2.24, 2.45) is 10.9 Å². The van der Waals surface area contributed by atoms with Crippen molar-refractivity contribution in [2.75, 3.05) is 14.2 Å². The summed E-state index contributed by atoms with van der Waals surface area (Å²) in [6.45, 7) is 2.60. The molecule has 228 valence electrons. The predicted octanol–water partition coefficient (Wildman–Crippen LogP) is 7.53. The Kier molecular flexibility index (Phi) is 11.6. The van der Waals surface area contributed by atoms with Gasteiger partial charge in [-0.3, -0.25) is 0 Å². The average Bonchev–Trinajstić information content (AvgIpc) is 3.49. The predicted molar refractivity (Wildman–Crippen MR) is 173 cm³/mol. The number of rotatable bonds is 10. The highest BCUT2D eigenvalue weighted by Gasteiger charge is 2.16. The second-order valence-corrected chi connectivity index (χ2v) is 10.8. The Morgan fingerprint density at radius 1 is 0.795 bits per heavy atom. The van der Waals surface area contributed by atoms with Gasteiger partial charge in [-0.1, -0.05) is 71.0 Å². The molecule has 12 heteroatoms. The molecule has 0 saturated heterocycles. The number of nitrogens with two attached hydrogens (primary N) is 1. The van der Waals surface area contributed by atoms with Crippen molar-refractivity contribution in [3.05, 3.63) is 116 Å². The molecule has 3 N–H and O–H groups in total. The first-order chi connectivity index (χ1) is 21.3. The summed E-state index contributed by atoms with van der Waals surface area (Å²) in [6, 6.07) is 26.8. The van der Waals surface area contributed by atoms with Crippen molar-refractivity contribution in [1.82, 2.24) is 10.1 Å². The normalized spacial score (nSPS) is 10.9. The molecule has 0 radical (unpaired) electrons. The average molecular weight is 726 g/mol. The number of benzene rings is 4. The maximum atomic E-state index is 8.81. The summed E-state index contributed by atoms with van der Waals surface area (Å²) in [5.74, 6) is 3.34. The molecular weight excluding hydrogens is 696 g/mol. The fourth-order valence-corrected chi connectivity index (χ4v) is 4.94. The Hall–Kier alpha value is -4.55. The van der Waals surface area contributed by atoms with Crippen LogP contribution >= 0.6 is 31.9 Å². The molecule has 0 fully saturated rings. The van der Waals surface area contributed by atoms with Crippen LogP contribution in [0.3, 0.4) is 0 Å². The lowest BCUT2D eigenvalue weighted by Gasteiger charge is -2.13. The summed E-state index contributed by atoms with van der Waals surface area (Å²) < 4.78 is 28.9. The van der Waals surface area contributed by atoms with E-state index in [1.807, 2.05) is 72.8 Å². The molecule has 0 aliphatic heterocycles. The standard InChI is InChI=1S/C17H15BrN2O3.C15H15BrN2O3/c1-11-19-17(20-23-11)13-8-16(15(21-2)9-14(13)18)22-10-12-6-4-3-5-7-12;1-20-13-8-12(16)11(15(17)18-19)7-14(13)21-9-10-5-3-2-4-6-10/h3-9H,10H2,1-2H3;2-8,19H,9H2,1H3,(H2,17,18). The highest BCUT2D eigenvalue weighted by atomic mass is 79.9. The molecule has 5 aromatic rings. The van der Waals surface area contributed by atoms with E-state index < -0.39 is 0 Å². The lowest BCUT2D eigenvalue weighted by Crippen LogP contribution is -2.14. The second-order valence-electron chi connectivity index (χ2n) is 9.14.